The van der Waals surface area contributed by atoms with Crippen LogP contribution in [0.2, 0.25) is 0 Å². The quantitative estimate of drug-likeness (QED) is 0.628. The van der Waals surface area contributed by atoms with Crippen LogP contribution in [0.15, 0.2) is 0 Å². The summed E-state index contributed by atoms with van der Waals surface area (Å²) in [6, 6.07) is -0.165. The highest BCUT2D eigenvalue weighted by atomic mass is 35.5. The van der Waals surface area contributed by atoms with E-state index in [2.05, 4.69) is 5.32 Å². The Kier molecular flexibility index (Phi) is 2.73. The van der Waals surface area contributed by atoms with Gasteiger partial charge in [-0.3, -0.25) is 9.69 Å². The second-order valence-corrected chi connectivity index (χ2v) is 8.90. The standard InChI is InChI=1S/C15H21ClN2OS/c1-9-12(19)18(13(20)17-9)8-14-3-10-2-11(4-14)6-15(16,5-10)7-14/h9-11H,2-8H2,1H3,(H,17,20)/t9-,10+,11+,14?,15?/m0/s1. The molecule has 0 unspecified atom stereocenters. The van der Waals surface area contributed by atoms with Crippen LogP contribution in [0.25, 0.3) is 0 Å². The van der Waals surface area contributed by atoms with Crippen LogP contribution in [-0.4, -0.2) is 33.4 Å². The number of carbonyl (C=O) groups is 1. The van der Waals surface area contributed by atoms with E-state index in [1.165, 1.54) is 32.1 Å². The average Bonchev–Trinajstić information content (AvgIpc) is 2.52. The zero-order chi connectivity index (χ0) is 14.1. The van der Waals surface area contributed by atoms with E-state index in [4.69, 9.17) is 23.8 Å². The van der Waals surface area contributed by atoms with Gasteiger partial charge in [0.25, 0.3) is 5.91 Å². The smallest absolute Gasteiger partial charge is 0.251 e. The fourth-order valence-electron chi connectivity index (χ4n) is 5.66. The number of halogens is 1. The summed E-state index contributed by atoms with van der Waals surface area (Å²) in [7, 11) is 0. The van der Waals surface area contributed by atoms with Gasteiger partial charge in [-0.2, -0.15) is 0 Å². The number of carbonyl (C=O) groups excluding carboxylic acids is 1. The Morgan fingerprint density at radius 3 is 2.50 bits per heavy atom. The first-order valence-electron chi connectivity index (χ1n) is 7.69. The van der Waals surface area contributed by atoms with Gasteiger partial charge >= 0.3 is 0 Å². The van der Waals surface area contributed by atoms with Crippen molar-refractivity contribution in [3.8, 4) is 0 Å². The normalized spacial score (nSPS) is 49.9. The highest BCUT2D eigenvalue weighted by Crippen LogP contribution is 2.64. The lowest BCUT2D eigenvalue weighted by molar-refractivity contribution is -0.130. The first-order chi connectivity index (χ1) is 9.38. The molecule has 4 aliphatic carbocycles. The molecule has 5 rings (SSSR count). The van der Waals surface area contributed by atoms with Gasteiger partial charge in [0.2, 0.25) is 0 Å². The van der Waals surface area contributed by atoms with Crippen molar-refractivity contribution >= 4 is 34.8 Å². The molecule has 5 fully saturated rings. The molecule has 0 spiro atoms. The predicted molar refractivity (Wildman–Crippen MR) is 82.6 cm³/mol. The van der Waals surface area contributed by atoms with Crippen molar-refractivity contribution in [3.63, 3.8) is 0 Å². The molecule has 1 amide bonds. The molecule has 1 N–H and O–H groups in total. The van der Waals surface area contributed by atoms with Crippen LogP contribution in [0, 0.1) is 17.3 Å². The Morgan fingerprint density at radius 1 is 1.35 bits per heavy atom. The summed E-state index contributed by atoms with van der Waals surface area (Å²) in [5.74, 6) is 1.67. The highest BCUT2D eigenvalue weighted by Gasteiger charge is 2.58. The lowest BCUT2D eigenvalue weighted by atomic mass is 9.49. The van der Waals surface area contributed by atoms with E-state index in [9.17, 15) is 4.79 Å². The highest BCUT2D eigenvalue weighted by molar-refractivity contribution is 7.80. The number of thiocarbonyl (C=S) groups is 1. The maximum absolute atomic E-state index is 12.3. The number of nitrogens with zero attached hydrogens (tertiary/aromatic N) is 1. The SMILES string of the molecule is C[C@@H]1NC(=S)N(CC23C[C@H]4C[C@@H](CC(Cl)(C4)C2)C3)C1=O. The average molecular weight is 313 g/mol. The van der Waals surface area contributed by atoms with Gasteiger partial charge < -0.3 is 5.32 Å². The van der Waals surface area contributed by atoms with Crippen LogP contribution in [-0.2, 0) is 4.79 Å². The number of alkyl halides is 1. The zero-order valence-corrected chi connectivity index (χ0v) is 13.4. The van der Waals surface area contributed by atoms with E-state index in [1.54, 1.807) is 0 Å². The Bertz CT molecular complexity index is 480. The fraction of sp³-hybridized carbons (Fsp3) is 0.867. The molecule has 1 aliphatic heterocycles. The first-order valence-corrected chi connectivity index (χ1v) is 8.48. The van der Waals surface area contributed by atoms with Crippen molar-refractivity contribution < 1.29 is 4.79 Å². The minimum Gasteiger partial charge on any atom is -0.351 e. The van der Waals surface area contributed by atoms with Crippen LogP contribution >= 0.6 is 23.8 Å². The second kappa shape index (κ2) is 4.10. The molecule has 0 aromatic rings. The van der Waals surface area contributed by atoms with E-state index < -0.39 is 0 Å². The number of hydrogen-bond acceptors (Lipinski definition) is 2. The molecule has 20 heavy (non-hydrogen) atoms. The minimum atomic E-state index is -0.165. The van der Waals surface area contributed by atoms with E-state index >= 15 is 0 Å². The van der Waals surface area contributed by atoms with Gasteiger partial charge in [-0.25, -0.2) is 0 Å². The Morgan fingerprint density at radius 2 is 2.00 bits per heavy atom. The van der Waals surface area contributed by atoms with Crippen molar-refractivity contribution in [2.75, 3.05) is 6.54 Å². The third-order valence-electron chi connectivity index (χ3n) is 5.83. The summed E-state index contributed by atoms with van der Waals surface area (Å²) >= 11 is 12.2. The zero-order valence-electron chi connectivity index (χ0n) is 11.8. The maximum atomic E-state index is 12.3. The maximum Gasteiger partial charge on any atom is 0.251 e. The Hall–Kier alpha value is -0.350. The summed E-state index contributed by atoms with van der Waals surface area (Å²) in [6.07, 6.45) is 7.25. The number of amides is 1. The molecular formula is C15H21ClN2OS. The Labute approximate surface area is 130 Å². The Balaban J connectivity index is 1.59. The van der Waals surface area contributed by atoms with E-state index in [0.29, 0.717) is 5.11 Å². The molecule has 4 saturated carbocycles. The van der Waals surface area contributed by atoms with Gasteiger partial charge in [0.1, 0.15) is 6.04 Å². The van der Waals surface area contributed by atoms with Gasteiger partial charge in [-0.05, 0) is 74.9 Å². The summed E-state index contributed by atoms with van der Waals surface area (Å²) in [4.78, 5) is 14.1. The molecule has 4 bridgehead atoms. The molecule has 5 heteroatoms. The lowest BCUT2D eigenvalue weighted by Crippen LogP contribution is -2.57. The molecule has 0 radical (unpaired) electrons. The number of nitrogens with one attached hydrogen (secondary N) is 1. The van der Waals surface area contributed by atoms with E-state index in [1.807, 2.05) is 11.8 Å². The van der Waals surface area contributed by atoms with Crippen molar-refractivity contribution in [1.82, 2.24) is 10.2 Å². The van der Waals surface area contributed by atoms with Gasteiger partial charge in [0.05, 0.1) is 0 Å². The summed E-state index contributed by atoms with van der Waals surface area (Å²) < 4.78 is 0. The van der Waals surface area contributed by atoms with Crippen LogP contribution in [0.5, 0.6) is 0 Å². The second-order valence-electron chi connectivity index (χ2n) is 7.71. The minimum absolute atomic E-state index is 0.00746. The van der Waals surface area contributed by atoms with Crippen molar-refractivity contribution in [3.05, 3.63) is 0 Å². The molecular weight excluding hydrogens is 292 g/mol. The summed E-state index contributed by atoms with van der Waals surface area (Å²) in [5, 5.41) is 3.70. The van der Waals surface area contributed by atoms with Gasteiger partial charge in [-0.1, -0.05) is 0 Å². The van der Waals surface area contributed by atoms with Crippen LogP contribution < -0.4 is 5.32 Å². The van der Waals surface area contributed by atoms with Gasteiger partial charge in [0.15, 0.2) is 5.11 Å². The van der Waals surface area contributed by atoms with E-state index in [-0.39, 0.29) is 22.2 Å². The van der Waals surface area contributed by atoms with Crippen LogP contribution in [0.3, 0.4) is 0 Å². The first kappa shape index (κ1) is 13.3. The molecule has 1 heterocycles. The van der Waals surface area contributed by atoms with E-state index in [0.717, 1.165) is 24.8 Å². The molecule has 110 valence electrons. The summed E-state index contributed by atoms with van der Waals surface area (Å²) in [5.41, 5.74) is 0.220. The molecule has 0 aromatic heterocycles. The molecule has 0 aromatic carbocycles. The van der Waals surface area contributed by atoms with Crippen LogP contribution in [0.4, 0.5) is 0 Å². The lowest BCUT2D eigenvalue weighted by Gasteiger charge is -2.60. The molecule has 3 nitrogen and oxygen atoms in total. The third kappa shape index (κ3) is 1.91. The summed E-state index contributed by atoms with van der Waals surface area (Å²) in [6.45, 7) is 2.67. The fourth-order valence-corrected chi connectivity index (χ4v) is 6.72. The molecule has 3 atom stereocenters. The predicted octanol–water partition coefficient (Wildman–Crippen LogP) is 2.67. The van der Waals surface area contributed by atoms with Gasteiger partial charge in [0, 0.05) is 11.4 Å². The molecule has 5 aliphatic rings. The van der Waals surface area contributed by atoms with Crippen molar-refractivity contribution in [2.24, 2.45) is 17.3 Å². The van der Waals surface area contributed by atoms with Gasteiger partial charge in [-0.15, -0.1) is 11.6 Å². The number of hydrogen-bond donors (Lipinski definition) is 1. The third-order valence-corrected chi connectivity index (χ3v) is 6.61. The number of rotatable bonds is 2. The monoisotopic (exact) mass is 312 g/mol. The van der Waals surface area contributed by atoms with Crippen LogP contribution in [0.1, 0.15) is 45.4 Å². The topological polar surface area (TPSA) is 32.3 Å². The van der Waals surface area contributed by atoms with Crippen molar-refractivity contribution in [1.29, 1.82) is 0 Å². The van der Waals surface area contributed by atoms with Crippen molar-refractivity contribution in [2.45, 2.75) is 56.4 Å². The molecule has 1 saturated heterocycles. The largest absolute Gasteiger partial charge is 0.351 e.